The van der Waals surface area contributed by atoms with Crippen molar-refractivity contribution in [1.82, 2.24) is 4.90 Å². The lowest BCUT2D eigenvalue weighted by atomic mass is 10.1. The fraction of sp³-hybridized carbons (Fsp3) is 0.429. The Labute approximate surface area is 116 Å². The van der Waals surface area contributed by atoms with Gasteiger partial charge in [0.05, 0.1) is 17.2 Å². The molecule has 3 rings (SSSR count). The molecule has 0 spiro atoms. The van der Waals surface area contributed by atoms with E-state index in [4.69, 9.17) is 5.73 Å². The third kappa shape index (κ3) is 1.75. The highest BCUT2D eigenvalue weighted by Crippen LogP contribution is 2.37. The number of rotatable bonds is 2. The molecule has 0 aromatic heterocycles. The van der Waals surface area contributed by atoms with Crippen molar-refractivity contribution in [2.75, 3.05) is 12.0 Å². The quantitative estimate of drug-likeness (QED) is 0.664. The first-order chi connectivity index (χ1) is 9.15. The van der Waals surface area contributed by atoms with Crippen molar-refractivity contribution in [3.63, 3.8) is 0 Å². The average Bonchev–Trinajstić information content (AvgIpc) is 2.94. The number of fused-ring (bicyclic) bond motifs is 1. The van der Waals surface area contributed by atoms with Crippen LogP contribution < -0.4 is 5.73 Å². The van der Waals surface area contributed by atoms with Crippen molar-refractivity contribution in [2.45, 2.75) is 30.6 Å². The normalized spacial score (nSPS) is 26.1. The van der Waals surface area contributed by atoms with Crippen LogP contribution >= 0.6 is 11.8 Å². The Morgan fingerprint density at radius 1 is 1.26 bits per heavy atom. The van der Waals surface area contributed by atoms with E-state index in [1.54, 1.807) is 30.0 Å². The average molecular weight is 276 g/mol. The van der Waals surface area contributed by atoms with Crippen LogP contribution in [0, 0.1) is 0 Å². The number of hydrogen-bond acceptors (Lipinski definition) is 4. The van der Waals surface area contributed by atoms with Gasteiger partial charge in [0.2, 0.25) is 0 Å². The van der Waals surface area contributed by atoms with Crippen molar-refractivity contribution < 1.29 is 9.59 Å². The molecule has 100 valence electrons. The summed E-state index contributed by atoms with van der Waals surface area (Å²) >= 11 is 1.74. The van der Waals surface area contributed by atoms with Crippen LogP contribution in [0.15, 0.2) is 18.2 Å². The molecule has 0 bridgehead atoms. The summed E-state index contributed by atoms with van der Waals surface area (Å²) in [6.07, 6.45) is 5.07. The standard InChI is InChI=1S/C14H16N2O2S/c1-19-11-7-3-6-10(11)16-13(17)8-4-2-5-9(15)12(8)14(16)18/h2,4-5,10-11H,3,6-7,15H2,1H3. The lowest BCUT2D eigenvalue weighted by Crippen LogP contribution is -2.43. The lowest BCUT2D eigenvalue weighted by molar-refractivity contribution is 0.0591. The minimum atomic E-state index is -0.218. The molecule has 4 nitrogen and oxygen atoms in total. The molecule has 1 aliphatic heterocycles. The highest BCUT2D eigenvalue weighted by molar-refractivity contribution is 7.99. The van der Waals surface area contributed by atoms with Gasteiger partial charge in [-0.1, -0.05) is 12.5 Å². The molecule has 5 heteroatoms. The molecule has 0 radical (unpaired) electrons. The number of benzene rings is 1. The molecule has 1 aromatic carbocycles. The van der Waals surface area contributed by atoms with Gasteiger partial charge >= 0.3 is 0 Å². The molecular weight excluding hydrogens is 260 g/mol. The molecule has 2 amide bonds. The molecule has 2 aliphatic rings. The molecule has 1 aromatic rings. The van der Waals surface area contributed by atoms with Crippen molar-refractivity contribution in [3.8, 4) is 0 Å². The Morgan fingerprint density at radius 2 is 2.05 bits per heavy atom. The summed E-state index contributed by atoms with van der Waals surface area (Å²) in [7, 11) is 0. The molecule has 1 heterocycles. The Bertz CT molecular complexity index is 558. The zero-order valence-corrected chi connectivity index (χ0v) is 11.6. The molecule has 2 atom stereocenters. The number of nitrogens with zero attached hydrogens (tertiary/aromatic N) is 1. The van der Waals surface area contributed by atoms with E-state index in [1.165, 1.54) is 4.90 Å². The van der Waals surface area contributed by atoms with E-state index in [2.05, 4.69) is 0 Å². The zero-order valence-electron chi connectivity index (χ0n) is 10.8. The van der Waals surface area contributed by atoms with E-state index < -0.39 is 0 Å². The van der Waals surface area contributed by atoms with Crippen LogP contribution in [0.4, 0.5) is 5.69 Å². The summed E-state index contributed by atoms with van der Waals surface area (Å²) in [6, 6.07) is 5.11. The Morgan fingerprint density at radius 3 is 2.74 bits per heavy atom. The second-order valence-corrected chi connectivity index (χ2v) is 6.10. The van der Waals surface area contributed by atoms with Gasteiger partial charge in [-0.3, -0.25) is 14.5 Å². The van der Waals surface area contributed by atoms with Crippen molar-refractivity contribution in [3.05, 3.63) is 29.3 Å². The number of nitrogen functional groups attached to an aromatic ring is 1. The van der Waals surface area contributed by atoms with Gasteiger partial charge < -0.3 is 5.73 Å². The number of thioether (sulfide) groups is 1. The van der Waals surface area contributed by atoms with Crippen LogP contribution in [-0.4, -0.2) is 34.3 Å². The summed E-state index contributed by atoms with van der Waals surface area (Å²) in [5.74, 6) is -0.401. The first kappa shape index (κ1) is 12.5. The zero-order chi connectivity index (χ0) is 13.6. The first-order valence-electron chi connectivity index (χ1n) is 6.44. The van der Waals surface area contributed by atoms with Gasteiger partial charge in [0.15, 0.2) is 0 Å². The smallest absolute Gasteiger partial charge is 0.263 e. The highest BCUT2D eigenvalue weighted by atomic mass is 32.2. The third-order valence-electron chi connectivity index (χ3n) is 4.03. The number of amides is 2. The topological polar surface area (TPSA) is 63.4 Å². The van der Waals surface area contributed by atoms with E-state index in [0.717, 1.165) is 19.3 Å². The lowest BCUT2D eigenvalue weighted by Gasteiger charge is -2.26. The minimum absolute atomic E-state index is 0.0156. The minimum Gasteiger partial charge on any atom is -0.398 e. The van der Waals surface area contributed by atoms with Gasteiger partial charge in [-0.05, 0) is 31.2 Å². The largest absolute Gasteiger partial charge is 0.398 e. The van der Waals surface area contributed by atoms with E-state index in [-0.39, 0.29) is 17.9 Å². The second-order valence-electron chi connectivity index (χ2n) is 5.02. The molecule has 2 N–H and O–H groups in total. The van der Waals surface area contributed by atoms with E-state index in [1.807, 2.05) is 6.26 Å². The fourth-order valence-electron chi connectivity index (χ4n) is 3.11. The monoisotopic (exact) mass is 276 g/mol. The van der Waals surface area contributed by atoms with Crippen LogP contribution in [0.5, 0.6) is 0 Å². The SMILES string of the molecule is CSC1CCCC1N1C(=O)c2cccc(N)c2C1=O. The fourth-order valence-corrected chi connectivity index (χ4v) is 4.08. The van der Waals surface area contributed by atoms with Crippen LogP contribution in [0.3, 0.4) is 0 Å². The molecular formula is C14H16N2O2S. The van der Waals surface area contributed by atoms with Gasteiger partial charge in [0, 0.05) is 10.9 Å². The maximum atomic E-state index is 12.5. The predicted octanol–water partition coefficient (Wildman–Crippen LogP) is 2.15. The van der Waals surface area contributed by atoms with Gasteiger partial charge in [-0.25, -0.2) is 0 Å². The number of hydrogen-bond donors (Lipinski definition) is 1. The van der Waals surface area contributed by atoms with Crippen molar-refractivity contribution in [1.29, 1.82) is 0 Å². The van der Waals surface area contributed by atoms with Crippen LogP contribution in [0.2, 0.25) is 0 Å². The van der Waals surface area contributed by atoms with Gasteiger partial charge in [0.25, 0.3) is 11.8 Å². The van der Waals surface area contributed by atoms with Gasteiger partial charge in [-0.15, -0.1) is 0 Å². The van der Waals surface area contributed by atoms with Crippen molar-refractivity contribution in [2.24, 2.45) is 0 Å². The van der Waals surface area contributed by atoms with Crippen LogP contribution in [0.25, 0.3) is 0 Å². The molecule has 1 saturated carbocycles. The molecule has 0 saturated heterocycles. The first-order valence-corrected chi connectivity index (χ1v) is 7.73. The summed E-state index contributed by atoms with van der Waals surface area (Å²) in [4.78, 5) is 26.4. The second kappa shape index (κ2) is 4.56. The third-order valence-corrected chi connectivity index (χ3v) is 5.19. The maximum absolute atomic E-state index is 12.5. The van der Waals surface area contributed by atoms with Gasteiger partial charge in [0.1, 0.15) is 0 Å². The Balaban J connectivity index is 2.01. The summed E-state index contributed by atoms with van der Waals surface area (Å²) in [6.45, 7) is 0. The Hall–Kier alpha value is -1.49. The van der Waals surface area contributed by atoms with Crippen LogP contribution in [-0.2, 0) is 0 Å². The summed E-state index contributed by atoms with van der Waals surface area (Å²) in [5, 5.41) is 0.350. The number of anilines is 1. The van der Waals surface area contributed by atoms with E-state index in [0.29, 0.717) is 22.1 Å². The number of nitrogens with two attached hydrogens (primary N) is 1. The Kier molecular flexibility index (Phi) is 3.01. The van der Waals surface area contributed by atoms with Crippen molar-refractivity contribution >= 4 is 29.3 Å². The molecule has 2 unspecified atom stereocenters. The van der Waals surface area contributed by atoms with Crippen LogP contribution in [0.1, 0.15) is 40.0 Å². The molecule has 1 aliphatic carbocycles. The highest BCUT2D eigenvalue weighted by Gasteiger charge is 2.44. The molecule has 1 fully saturated rings. The van der Waals surface area contributed by atoms with Gasteiger partial charge in [-0.2, -0.15) is 11.8 Å². The van der Waals surface area contributed by atoms with E-state index in [9.17, 15) is 9.59 Å². The number of carbonyl (C=O) groups is 2. The predicted molar refractivity (Wildman–Crippen MR) is 76.3 cm³/mol. The number of imide groups is 1. The summed E-state index contributed by atoms with van der Waals surface area (Å²) < 4.78 is 0. The number of carbonyl (C=O) groups excluding carboxylic acids is 2. The maximum Gasteiger partial charge on any atom is 0.263 e. The molecule has 19 heavy (non-hydrogen) atoms. The summed E-state index contributed by atoms with van der Waals surface area (Å²) in [5.41, 5.74) is 7.09. The van der Waals surface area contributed by atoms with E-state index >= 15 is 0 Å².